The number of benzene rings is 1. The molecule has 2 N–H and O–H groups in total. The number of rotatable bonds is 5. The van der Waals surface area contributed by atoms with Crippen LogP contribution in [0.5, 0.6) is 0 Å². The van der Waals surface area contributed by atoms with Crippen LogP contribution in [0.1, 0.15) is 39.4 Å². The molecule has 0 aliphatic rings. The van der Waals surface area contributed by atoms with Gasteiger partial charge < -0.3 is 10.1 Å². The summed E-state index contributed by atoms with van der Waals surface area (Å²) in [5.41, 5.74) is 2.18. The zero-order chi connectivity index (χ0) is 20.3. The van der Waals surface area contributed by atoms with Gasteiger partial charge in [0, 0.05) is 4.70 Å². The Bertz CT molecular complexity index is 1080. The highest BCUT2D eigenvalue weighted by Crippen LogP contribution is 2.30. The lowest BCUT2D eigenvalue weighted by molar-refractivity contribution is 0.0926. The molecule has 8 heteroatoms. The summed E-state index contributed by atoms with van der Waals surface area (Å²) in [7, 11) is 0. The van der Waals surface area contributed by atoms with Gasteiger partial charge in [-0.1, -0.05) is 18.2 Å². The molecule has 3 rings (SSSR count). The number of carbonyl (C=O) groups is 3. The van der Waals surface area contributed by atoms with Crippen molar-refractivity contribution in [2.75, 3.05) is 11.9 Å². The molecule has 3 aromatic rings. The second-order valence-electron chi connectivity index (χ2n) is 5.94. The van der Waals surface area contributed by atoms with Gasteiger partial charge >= 0.3 is 6.09 Å². The van der Waals surface area contributed by atoms with E-state index in [9.17, 15) is 14.4 Å². The fourth-order valence-corrected chi connectivity index (χ4v) is 4.22. The van der Waals surface area contributed by atoms with E-state index < -0.39 is 12.0 Å². The largest absolute Gasteiger partial charge is 0.450 e. The monoisotopic (exact) mass is 414 g/mol. The van der Waals surface area contributed by atoms with E-state index in [2.05, 4.69) is 17.2 Å². The first-order valence-corrected chi connectivity index (χ1v) is 10.1. The van der Waals surface area contributed by atoms with Crippen molar-refractivity contribution in [3.05, 3.63) is 58.3 Å². The van der Waals surface area contributed by atoms with Crippen molar-refractivity contribution in [3.8, 4) is 0 Å². The van der Waals surface area contributed by atoms with Gasteiger partial charge in [-0.3, -0.25) is 14.9 Å². The smallest absolute Gasteiger partial charge is 0.414 e. The molecular formula is C20H18N2O4S2. The van der Waals surface area contributed by atoms with E-state index in [-0.39, 0.29) is 18.1 Å². The Morgan fingerprint density at radius 2 is 1.93 bits per heavy atom. The number of hydrogen-bond donors (Lipinski definition) is 2. The van der Waals surface area contributed by atoms with Crippen molar-refractivity contribution in [1.82, 2.24) is 5.32 Å². The molecule has 0 spiro atoms. The number of alkyl carbamates (subject to hydrolysis) is 1. The summed E-state index contributed by atoms with van der Waals surface area (Å²) in [6, 6.07) is 9.28. The SMILES string of the molecule is C=C(C)c1ccc2sc(C(=O)Nc3sccc3C(=O)NC(=O)OCC)cc2c1. The summed E-state index contributed by atoms with van der Waals surface area (Å²) in [6.07, 6.45) is -0.825. The second-order valence-corrected chi connectivity index (χ2v) is 7.94. The van der Waals surface area contributed by atoms with Crippen LogP contribution in [0.3, 0.4) is 0 Å². The average molecular weight is 415 g/mol. The Hall–Kier alpha value is -2.97. The lowest BCUT2D eigenvalue weighted by Crippen LogP contribution is -2.31. The Kier molecular flexibility index (Phi) is 5.91. The van der Waals surface area contributed by atoms with Crippen LogP contribution in [0.15, 0.2) is 42.3 Å². The van der Waals surface area contributed by atoms with Gasteiger partial charge in [-0.05, 0) is 54.4 Å². The van der Waals surface area contributed by atoms with E-state index in [0.717, 1.165) is 21.2 Å². The summed E-state index contributed by atoms with van der Waals surface area (Å²) in [4.78, 5) is 36.8. The van der Waals surface area contributed by atoms with Crippen LogP contribution in [0.4, 0.5) is 9.80 Å². The molecule has 2 heterocycles. The molecule has 0 unspecified atom stereocenters. The number of thiophene rings is 2. The molecule has 144 valence electrons. The molecule has 0 aliphatic carbocycles. The van der Waals surface area contributed by atoms with E-state index in [1.54, 1.807) is 18.4 Å². The van der Waals surface area contributed by atoms with Gasteiger partial charge in [0.1, 0.15) is 5.00 Å². The molecule has 0 saturated heterocycles. The maximum atomic E-state index is 12.7. The first kappa shape index (κ1) is 19.8. The number of nitrogens with one attached hydrogen (secondary N) is 2. The highest BCUT2D eigenvalue weighted by atomic mass is 32.1. The quantitative estimate of drug-likeness (QED) is 0.606. The van der Waals surface area contributed by atoms with E-state index in [1.807, 2.05) is 31.2 Å². The van der Waals surface area contributed by atoms with E-state index in [1.165, 1.54) is 22.7 Å². The number of imide groups is 1. The van der Waals surface area contributed by atoms with Crippen molar-refractivity contribution in [1.29, 1.82) is 0 Å². The molecule has 28 heavy (non-hydrogen) atoms. The number of allylic oxidation sites excluding steroid dienone is 1. The first-order valence-electron chi connectivity index (χ1n) is 8.45. The average Bonchev–Trinajstić information content (AvgIpc) is 3.27. The van der Waals surface area contributed by atoms with Crippen LogP contribution in [0.2, 0.25) is 0 Å². The molecule has 0 bridgehead atoms. The number of carbonyl (C=O) groups excluding carboxylic acids is 3. The zero-order valence-electron chi connectivity index (χ0n) is 15.3. The van der Waals surface area contributed by atoms with Crippen molar-refractivity contribution in [2.24, 2.45) is 0 Å². The third-order valence-electron chi connectivity index (χ3n) is 3.86. The standard InChI is InChI=1S/C20H18N2O4S2/c1-4-26-20(25)22-17(23)14-7-8-27-19(14)21-18(24)16-10-13-9-12(11(2)3)5-6-15(13)28-16/h5-10H,2,4H2,1,3H3,(H,21,24)(H,22,23,25). The summed E-state index contributed by atoms with van der Waals surface area (Å²) in [6.45, 7) is 7.67. The van der Waals surface area contributed by atoms with Gasteiger partial charge in [-0.2, -0.15) is 0 Å². The van der Waals surface area contributed by atoms with E-state index in [4.69, 9.17) is 4.74 Å². The Morgan fingerprint density at radius 3 is 2.64 bits per heavy atom. The Labute approximate surface area is 169 Å². The van der Waals surface area contributed by atoms with Gasteiger partial charge in [0.15, 0.2) is 0 Å². The van der Waals surface area contributed by atoms with Crippen molar-refractivity contribution in [2.45, 2.75) is 13.8 Å². The molecule has 6 nitrogen and oxygen atoms in total. The summed E-state index contributed by atoms with van der Waals surface area (Å²) < 4.78 is 5.69. The predicted octanol–water partition coefficient (Wildman–Crippen LogP) is 5.13. The third kappa shape index (κ3) is 4.29. The van der Waals surface area contributed by atoms with Gasteiger partial charge in [0.2, 0.25) is 0 Å². The van der Waals surface area contributed by atoms with Crippen LogP contribution in [-0.4, -0.2) is 24.5 Å². The van der Waals surface area contributed by atoms with Gasteiger partial charge in [-0.25, -0.2) is 4.79 Å². The van der Waals surface area contributed by atoms with Crippen molar-refractivity contribution in [3.63, 3.8) is 0 Å². The number of anilines is 1. The number of hydrogen-bond acceptors (Lipinski definition) is 6. The minimum atomic E-state index is -0.825. The van der Waals surface area contributed by atoms with Crippen LogP contribution in [0, 0.1) is 0 Å². The maximum Gasteiger partial charge on any atom is 0.414 e. The fraction of sp³-hybridized carbons (Fsp3) is 0.150. The molecule has 0 atom stereocenters. The fourth-order valence-electron chi connectivity index (χ4n) is 2.50. The molecule has 0 aliphatic heterocycles. The van der Waals surface area contributed by atoms with E-state index in [0.29, 0.717) is 9.88 Å². The normalized spacial score (nSPS) is 10.5. The maximum absolute atomic E-state index is 12.7. The lowest BCUT2D eigenvalue weighted by atomic mass is 10.1. The van der Waals surface area contributed by atoms with Crippen LogP contribution in [0.25, 0.3) is 15.7 Å². The molecule has 3 amide bonds. The third-order valence-corrected chi connectivity index (χ3v) is 5.81. The highest BCUT2D eigenvalue weighted by molar-refractivity contribution is 7.21. The Balaban J connectivity index is 1.78. The predicted molar refractivity (Wildman–Crippen MR) is 113 cm³/mol. The van der Waals surface area contributed by atoms with Gasteiger partial charge in [0.25, 0.3) is 11.8 Å². The molecule has 1 aromatic carbocycles. The van der Waals surface area contributed by atoms with Crippen LogP contribution in [-0.2, 0) is 4.74 Å². The van der Waals surface area contributed by atoms with Gasteiger partial charge in [-0.15, -0.1) is 22.7 Å². The molecule has 2 aromatic heterocycles. The number of fused-ring (bicyclic) bond motifs is 1. The summed E-state index contributed by atoms with van der Waals surface area (Å²) in [5, 5.41) is 7.87. The molecule has 0 fully saturated rings. The molecule has 0 radical (unpaired) electrons. The minimum Gasteiger partial charge on any atom is -0.450 e. The summed E-state index contributed by atoms with van der Waals surface area (Å²) >= 11 is 2.57. The highest BCUT2D eigenvalue weighted by Gasteiger charge is 2.19. The van der Waals surface area contributed by atoms with Crippen LogP contribution >= 0.6 is 22.7 Å². The van der Waals surface area contributed by atoms with Gasteiger partial charge in [0.05, 0.1) is 17.0 Å². The van der Waals surface area contributed by atoms with Crippen molar-refractivity contribution < 1.29 is 19.1 Å². The first-order chi connectivity index (χ1) is 13.4. The topological polar surface area (TPSA) is 84.5 Å². The number of ether oxygens (including phenoxy) is 1. The Morgan fingerprint density at radius 1 is 1.14 bits per heavy atom. The molecular weight excluding hydrogens is 396 g/mol. The second kappa shape index (κ2) is 8.37. The van der Waals surface area contributed by atoms with E-state index >= 15 is 0 Å². The summed E-state index contributed by atoms with van der Waals surface area (Å²) in [5.74, 6) is -0.942. The van der Waals surface area contributed by atoms with Crippen molar-refractivity contribution >= 4 is 61.2 Å². The van der Waals surface area contributed by atoms with Crippen LogP contribution < -0.4 is 10.6 Å². The lowest BCUT2D eigenvalue weighted by Gasteiger charge is -2.06. The number of amides is 3. The zero-order valence-corrected chi connectivity index (χ0v) is 17.0. The minimum absolute atomic E-state index is 0.158. The molecule has 0 saturated carbocycles.